The van der Waals surface area contributed by atoms with Gasteiger partial charge in [-0.2, -0.15) is 0 Å². The highest BCUT2D eigenvalue weighted by Crippen LogP contribution is 2.60. The quantitative estimate of drug-likeness (QED) is 0.774. The topological polar surface area (TPSA) is 65.5 Å². The molecule has 9 atom stereocenters. The first-order valence-electron chi connectivity index (χ1n) is 9.78. The van der Waals surface area contributed by atoms with E-state index in [-0.39, 0.29) is 23.7 Å². The zero-order valence-electron chi connectivity index (χ0n) is 15.8. The first-order valence-corrected chi connectivity index (χ1v) is 9.78. The number of epoxide rings is 2. The second-order valence-electron chi connectivity index (χ2n) is 10.1. The van der Waals surface area contributed by atoms with Crippen molar-refractivity contribution >= 4 is 0 Å². The van der Waals surface area contributed by atoms with Crippen LogP contribution in [0, 0.1) is 29.6 Å². The molecule has 24 heavy (non-hydrogen) atoms. The van der Waals surface area contributed by atoms with Gasteiger partial charge in [0.2, 0.25) is 0 Å². The van der Waals surface area contributed by atoms with E-state index in [2.05, 4.69) is 27.7 Å². The summed E-state index contributed by atoms with van der Waals surface area (Å²) in [4.78, 5) is 0. The molecule has 0 radical (unpaired) electrons. The predicted octanol–water partition coefficient (Wildman–Crippen LogP) is 2.75. The summed E-state index contributed by atoms with van der Waals surface area (Å²) in [5.41, 5.74) is -1.05. The number of hydrogen-bond acceptors (Lipinski definition) is 4. The van der Waals surface area contributed by atoms with Gasteiger partial charge in [-0.25, -0.2) is 0 Å². The van der Waals surface area contributed by atoms with Crippen molar-refractivity contribution in [2.75, 3.05) is 6.61 Å². The third-order valence-electron chi connectivity index (χ3n) is 7.65. The molecule has 4 fully saturated rings. The maximum atomic E-state index is 11.1. The lowest BCUT2D eigenvalue weighted by molar-refractivity contribution is -0.105. The molecule has 2 aliphatic heterocycles. The van der Waals surface area contributed by atoms with Gasteiger partial charge >= 0.3 is 0 Å². The fourth-order valence-electron chi connectivity index (χ4n) is 6.74. The Hall–Kier alpha value is -0.160. The molecule has 0 amide bonds. The van der Waals surface area contributed by atoms with Gasteiger partial charge in [0, 0.05) is 0 Å². The average Bonchev–Trinajstić information content (AvgIpc) is 3.33. The van der Waals surface area contributed by atoms with Crippen LogP contribution in [-0.4, -0.2) is 45.8 Å². The number of fused-ring (bicyclic) bond motifs is 2. The zero-order valence-corrected chi connectivity index (χ0v) is 15.8. The summed E-state index contributed by atoms with van der Waals surface area (Å²) < 4.78 is 12.0. The zero-order chi connectivity index (χ0) is 17.5. The number of ether oxygens (including phenoxy) is 2. The molecule has 2 saturated carbocycles. The van der Waals surface area contributed by atoms with Crippen LogP contribution in [0.3, 0.4) is 0 Å². The highest BCUT2D eigenvalue weighted by molar-refractivity contribution is 5.12. The van der Waals surface area contributed by atoms with E-state index < -0.39 is 5.60 Å². The third-order valence-corrected chi connectivity index (χ3v) is 7.65. The maximum Gasteiger partial charge on any atom is 0.0926 e. The third kappa shape index (κ3) is 2.56. The molecule has 4 aliphatic rings. The fourth-order valence-corrected chi connectivity index (χ4v) is 6.74. The molecule has 0 spiro atoms. The van der Waals surface area contributed by atoms with Crippen LogP contribution in [0.1, 0.15) is 60.3 Å². The Morgan fingerprint density at radius 3 is 1.75 bits per heavy atom. The van der Waals surface area contributed by atoms with Crippen LogP contribution in [0.4, 0.5) is 0 Å². The second-order valence-corrected chi connectivity index (χ2v) is 10.1. The molecule has 2 N–H and O–H groups in total. The second kappa shape index (κ2) is 5.18. The summed E-state index contributed by atoms with van der Waals surface area (Å²) >= 11 is 0. The monoisotopic (exact) mass is 338 g/mol. The predicted molar refractivity (Wildman–Crippen MR) is 91.5 cm³/mol. The lowest BCUT2D eigenvalue weighted by Crippen LogP contribution is -2.51. The summed E-state index contributed by atoms with van der Waals surface area (Å²) in [7, 11) is 0. The molecular weight excluding hydrogens is 304 g/mol. The minimum atomic E-state index is -1.04. The number of rotatable bonds is 4. The smallest absolute Gasteiger partial charge is 0.0926 e. The molecule has 4 heteroatoms. The molecular formula is C20H34O4. The Bertz CT molecular complexity index is 482. The molecule has 4 nitrogen and oxygen atoms in total. The van der Waals surface area contributed by atoms with Gasteiger partial charge < -0.3 is 19.7 Å². The van der Waals surface area contributed by atoms with Crippen LogP contribution in [-0.2, 0) is 9.47 Å². The average molecular weight is 338 g/mol. The van der Waals surface area contributed by atoms with Crippen molar-refractivity contribution in [1.82, 2.24) is 0 Å². The molecule has 4 rings (SSSR count). The van der Waals surface area contributed by atoms with Crippen LogP contribution in [0.25, 0.3) is 0 Å². The van der Waals surface area contributed by atoms with Crippen molar-refractivity contribution in [1.29, 1.82) is 0 Å². The standard InChI is InChI=1S/C20H34O4/c1-11-6-13(8-19(4)16(11)23-19)15(18(3,22)10-21)14-7-12(2)17-20(5,9-14)24-17/h11-17,21-22H,6-10H2,1-5H3. The number of aliphatic hydroxyl groups is 2. The van der Waals surface area contributed by atoms with E-state index in [0.717, 1.165) is 25.7 Å². The van der Waals surface area contributed by atoms with Gasteiger partial charge in [-0.1, -0.05) is 13.8 Å². The molecule has 0 aromatic rings. The molecule has 2 heterocycles. The van der Waals surface area contributed by atoms with E-state index in [1.54, 1.807) is 0 Å². The Labute approximate surface area is 145 Å². The fraction of sp³-hybridized carbons (Fsp3) is 1.00. The normalized spacial score (nSPS) is 56.6. The first kappa shape index (κ1) is 17.3. The van der Waals surface area contributed by atoms with Crippen molar-refractivity contribution in [2.45, 2.75) is 89.3 Å². The Balaban J connectivity index is 1.60. The summed E-state index contributed by atoms with van der Waals surface area (Å²) in [5.74, 6) is 1.99. The molecule has 2 aliphatic carbocycles. The summed E-state index contributed by atoms with van der Waals surface area (Å²) in [5, 5.41) is 21.0. The van der Waals surface area contributed by atoms with E-state index in [4.69, 9.17) is 9.47 Å². The summed E-state index contributed by atoms with van der Waals surface area (Å²) in [6.07, 6.45) is 4.99. The lowest BCUT2D eigenvalue weighted by Gasteiger charge is -2.47. The highest BCUT2D eigenvalue weighted by atomic mass is 16.6. The van der Waals surface area contributed by atoms with Crippen molar-refractivity contribution < 1.29 is 19.7 Å². The van der Waals surface area contributed by atoms with Crippen LogP contribution in [0.15, 0.2) is 0 Å². The van der Waals surface area contributed by atoms with Crippen molar-refractivity contribution in [3.63, 3.8) is 0 Å². The van der Waals surface area contributed by atoms with Crippen LogP contribution in [0.5, 0.6) is 0 Å². The molecule has 9 unspecified atom stereocenters. The van der Waals surface area contributed by atoms with Gasteiger partial charge in [-0.05, 0) is 76.0 Å². The van der Waals surface area contributed by atoms with Crippen molar-refractivity contribution in [2.24, 2.45) is 29.6 Å². The van der Waals surface area contributed by atoms with Crippen LogP contribution >= 0.6 is 0 Å². The van der Waals surface area contributed by atoms with E-state index in [0.29, 0.717) is 35.9 Å². The van der Waals surface area contributed by atoms with Gasteiger partial charge in [0.15, 0.2) is 0 Å². The van der Waals surface area contributed by atoms with Crippen LogP contribution < -0.4 is 0 Å². The Morgan fingerprint density at radius 2 is 1.42 bits per heavy atom. The molecule has 2 saturated heterocycles. The van der Waals surface area contributed by atoms with Gasteiger partial charge in [0.05, 0.1) is 35.6 Å². The molecule has 0 aromatic heterocycles. The van der Waals surface area contributed by atoms with E-state index in [9.17, 15) is 10.2 Å². The van der Waals surface area contributed by atoms with Gasteiger partial charge in [0.25, 0.3) is 0 Å². The largest absolute Gasteiger partial charge is 0.393 e. The maximum absolute atomic E-state index is 11.1. The van der Waals surface area contributed by atoms with E-state index in [1.807, 2.05) is 6.92 Å². The Morgan fingerprint density at radius 1 is 1.00 bits per heavy atom. The minimum absolute atomic E-state index is 0.00504. The van der Waals surface area contributed by atoms with Crippen LogP contribution in [0.2, 0.25) is 0 Å². The van der Waals surface area contributed by atoms with Gasteiger partial charge in [-0.15, -0.1) is 0 Å². The van der Waals surface area contributed by atoms with Crippen molar-refractivity contribution in [3.05, 3.63) is 0 Å². The number of aliphatic hydroxyl groups excluding tert-OH is 1. The summed E-state index contributed by atoms with van der Waals surface area (Å²) in [6.45, 7) is 10.6. The molecule has 0 aromatic carbocycles. The Kier molecular flexibility index (Phi) is 3.73. The molecule has 138 valence electrons. The number of hydrogen-bond donors (Lipinski definition) is 2. The van der Waals surface area contributed by atoms with E-state index in [1.165, 1.54) is 0 Å². The minimum Gasteiger partial charge on any atom is -0.393 e. The van der Waals surface area contributed by atoms with Gasteiger partial charge in [-0.3, -0.25) is 0 Å². The van der Waals surface area contributed by atoms with Gasteiger partial charge in [0.1, 0.15) is 0 Å². The molecule has 0 bridgehead atoms. The highest BCUT2D eigenvalue weighted by Gasteiger charge is 2.64. The summed E-state index contributed by atoms with van der Waals surface area (Å²) in [6, 6.07) is 0. The lowest BCUT2D eigenvalue weighted by atomic mass is 9.59. The van der Waals surface area contributed by atoms with Crippen molar-refractivity contribution in [3.8, 4) is 0 Å². The first-order chi connectivity index (χ1) is 11.1. The van der Waals surface area contributed by atoms with E-state index >= 15 is 0 Å². The SMILES string of the molecule is CC1CC(C(C2CC(C)C3OC3(C)C2)C(C)(O)CO)CC2(C)OC12.